The molecule has 1 aromatic heterocycles. The number of aliphatic hydroxyl groups is 1. The summed E-state index contributed by atoms with van der Waals surface area (Å²) in [4.78, 5) is 4.05. The number of benzene rings is 1. The lowest BCUT2D eigenvalue weighted by atomic mass is 9.88. The van der Waals surface area contributed by atoms with E-state index in [-0.39, 0.29) is 6.10 Å². The molecule has 2 atom stereocenters. The summed E-state index contributed by atoms with van der Waals surface area (Å²) in [6, 6.07) is 12.4. The van der Waals surface area contributed by atoms with Crippen LogP contribution in [-0.4, -0.2) is 10.1 Å². The number of aliphatic hydroxyl groups excluding tert-OH is 1. The van der Waals surface area contributed by atoms with Crippen LogP contribution in [0.2, 0.25) is 0 Å². The molecule has 2 heteroatoms. The van der Waals surface area contributed by atoms with E-state index in [1.807, 2.05) is 30.6 Å². The minimum absolute atomic E-state index is 0.311. The van der Waals surface area contributed by atoms with Crippen molar-refractivity contribution in [2.45, 2.75) is 31.8 Å². The Balaban J connectivity index is 1.84. The summed E-state index contributed by atoms with van der Waals surface area (Å²) in [6.45, 7) is 0. The summed E-state index contributed by atoms with van der Waals surface area (Å²) in [5.74, 6) is 0.311. The van der Waals surface area contributed by atoms with Crippen molar-refractivity contribution in [1.29, 1.82) is 0 Å². The molecule has 0 saturated carbocycles. The maximum Gasteiger partial charge on any atom is 0.0824 e. The van der Waals surface area contributed by atoms with Crippen LogP contribution in [0, 0.1) is 5.92 Å². The third-order valence-electron chi connectivity index (χ3n) is 4.09. The van der Waals surface area contributed by atoms with Crippen molar-refractivity contribution in [3.63, 3.8) is 0 Å². The van der Waals surface area contributed by atoms with Gasteiger partial charge in [-0.25, -0.2) is 0 Å². The van der Waals surface area contributed by atoms with Gasteiger partial charge in [0.1, 0.15) is 0 Å². The molecule has 2 nitrogen and oxygen atoms in total. The van der Waals surface area contributed by atoms with Gasteiger partial charge < -0.3 is 5.11 Å². The summed E-state index contributed by atoms with van der Waals surface area (Å²) in [7, 11) is 0. The van der Waals surface area contributed by atoms with Crippen LogP contribution >= 0.6 is 0 Å². The number of rotatable bonds is 2. The van der Waals surface area contributed by atoms with Gasteiger partial charge >= 0.3 is 0 Å². The molecule has 1 N–H and O–H groups in total. The summed E-state index contributed by atoms with van der Waals surface area (Å²) < 4.78 is 0. The number of aromatic nitrogens is 1. The summed E-state index contributed by atoms with van der Waals surface area (Å²) >= 11 is 0. The van der Waals surface area contributed by atoms with Gasteiger partial charge in [0, 0.05) is 12.4 Å². The van der Waals surface area contributed by atoms with Gasteiger partial charge in [0.2, 0.25) is 0 Å². The molecule has 1 aromatic carbocycles. The minimum atomic E-state index is -0.341. The maximum atomic E-state index is 10.6. The first-order valence-corrected chi connectivity index (χ1v) is 6.99. The maximum absolute atomic E-state index is 10.6. The second-order valence-corrected chi connectivity index (χ2v) is 5.36. The SMILES string of the molecule is OC1c2ccccc2CCCC1Cc1ccncc1. The van der Waals surface area contributed by atoms with Crippen LogP contribution in [0.15, 0.2) is 48.8 Å². The molecule has 2 aromatic rings. The number of fused-ring (bicyclic) bond motifs is 1. The quantitative estimate of drug-likeness (QED) is 0.833. The van der Waals surface area contributed by atoms with E-state index in [1.54, 1.807) is 0 Å². The first kappa shape index (κ1) is 12.4. The van der Waals surface area contributed by atoms with Crippen LogP contribution in [0.25, 0.3) is 0 Å². The molecule has 0 fully saturated rings. The lowest BCUT2D eigenvalue weighted by Crippen LogP contribution is -2.14. The van der Waals surface area contributed by atoms with E-state index in [9.17, 15) is 5.11 Å². The lowest BCUT2D eigenvalue weighted by Gasteiger charge is -2.22. The zero-order chi connectivity index (χ0) is 13.1. The molecule has 0 bridgehead atoms. The van der Waals surface area contributed by atoms with Crippen molar-refractivity contribution in [1.82, 2.24) is 4.98 Å². The standard InChI is InChI=1S/C17H19NO/c19-17-15(12-13-8-10-18-11-9-13)6-3-5-14-4-1-2-7-16(14)17/h1-2,4,7-11,15,17,19H,3,5-6,12H2. The average molecular weight is 253 g/mol. The lowest BCUT2D eigenvalue weighted by molar-refractivity contribution is 0.105. The Morgan fingerprint density at radius 2 is 1.89 bits per heavy atom. The molecule has 1 aliphatic rings. The molecular weight excluding hydrogens is 234 g/mol. The van der Waals surface area contributed by atoms with Gasteiger partial charge in [-0.1, -0.05) is 24.3 Å². The summed E-state index contributed by atoms with van der Waals surface area (Å²) in [6.07, 6.45) is 7.56. The molecule has 3 rings (SSSR count). The molecule has 1 aliphatic carbocycles. The second-order valence-electron chi connectivity index (χ2n) is 5.36. The fraction of sp³-hybridized carbons (Fsp3) is 0.353. The Bertz CT molecular complexity index is 538. The Kier molecular flexibility index (Phi) is 3.60. The topological polar surface area (TPSA) is 33.1 Å². The zero-order valence-corrected chi connectivity index (χ0v) is 11.0. The molecule has 2 unspecified atom stereocenters. The minimum Gasteiger partial charge on any atom is -0.388 e. The van der Waals surface area contributed by atoms with Gasteiger partial charge in [0.25, 0.3) is 0 Å². The average Bonchev–Trinajstić information content (AvgIpc) is 2.61. The van der Waals surface area contributed by atoms with Crippen LogP contribution in [0.4, 0.5) is 0 Å². The fourth-order valence-corrected chi connectivity index (χ4v) is 3.05. The van der Waals surface area contributed by atoms with Crippen molar-refractivity contribution >= 4 is 0 Å². The molecule has 0 saturated heterocycles. The van der Waals surface area contributed by atoms with Gasteiger partial charge in [-0.2, -0.15) is 0 Å². The first-order valence-electron chi connectivity index (χ1n) is 6.99. The van der Waals surface area contributed by atoms with Gasteiger partial charge in [-0.15, -0.1) is 0 Å². The van der Waals surface area contributed by atoms with Gasteiger partial charge in [-0.05, 0) is 60.4 Å². The van der Waals surface area contributed by atoms with E-state index in [4.69, 9.17) is 0 Å². The van der Waals surface area contributed by atoms with Crippen molar-refractivity contribution < 1.29 is 5.11 Å². The number of nitrogens with zero attached hydrogens (tertiary/aromatic N) is 1. The third kappa shape index (κ3) is 2.69. The second kappa shape index (κ2) is 5.54. The summed E-state index contributed by atoms with van der Waals surface area (Å²) in [5.41, 5.74) is 3.70. The van der Waals surface area contributed by atoms with Crippen LogP contribution in [-0.2, 0) is 12.8 Å². The fourth-order valence-electron chi connectivity index (χ4n) is 3.05. The molecule has 19 heavy (non-hydrogen) atoms. The van der Waals surface area contributed by atoms with Crippen molar-refractivity contribution in [2.24, 2.45) is 5.92 Å². The van der Waals surface area contributed by atoms with E-state index in [0.717, 1.165) is 31.2 Å². The number of hydrogen-bond donors (Lipinski definition) is 1. The molecule has 0 radical (unpaired) electrons. The largest absolute Gasteiger partial charge is 0.388 e. The number of hydrogen-bond acceptors (Lipinski definition) is 2. The van der Waals surface area contributed by atoms with Crippen molar-refractivity contribution in [3.05, 3.63) is 65.5 Å². The van der Waals surface area contributed by atoms with E-state index in [1.165, 1.54) is 11.1 Å². The van der Waals surface area contributed by atoms with Crippen molar-refractivity contribution in [2.75, 3.05) is 0 Å². The Morgan fingerprint density at radius 1 is 1.11 bits per heavy atom. The molecule has 0 aliphatic heterocycles. The number of pyridine rings is 1. The monoisotopic (exact) mass is 253 g/mol. The van der Waals surface area contributed by atoms with E-state index in [0.29, 0.717) is 5.92 Å². The first-order chi connectivity index (χ1) is 9.34. The predicted molar refractivity (Wildman–Crippen MR) is 75.8 cm³/mol. The number of aryl methyl sites for hydroxylation is 1. The highest BCUT2D eigenvalue weighted by Gasteiger charge is 2.25. The van der Waals surface area contributed by atoms with Crippen LogP contribution < -0.4 is 0 Å². The third-order valence-corrected chi connectivity index (χ3v) is 4.09. The highest BCUT2D eigenvalue weighted by molar-refractivity contribution is 5.31. The highest BCUT2D eigenvalue weighted by atomic mass is 16.3. The molecule has 0 amide bonds. The summed E-state index contributed by atoms with van der Waals surface area (Å²) in [5, 5.41) is 10.6. The van der Waals surface area contributed by atoms with E-state index in [2.05, 4.69) is 23.2 Å². The smallest absolute Gasteiger partial charge is 0.0824 e. The van der Waals surface area contributed by atoms with E-state index >= 15 is 0 Å². The van der Waals surface area contributed by atoms with Gasteiger partial charge in [-0.3, -0.25) is 4.98 Å². The molecule has 1 heterocycles. The van der Waals surface area contributed by atoms with Crippen LogP contribution in [0.1, 0.15) is 35.6 Å². The Morgan fingerprint density at radius 3 is 2.74 bits per heavy atom. The Labute approximate surface area is 114 Å². The molecular formula is C17H19NO. The van der Waals surface area contributed by atoms with Crippen molar-refractivity contribution in [3.8, 4) is 0 Å². The normalized spacial score (nSPS) is 22.6. The van der Waals surface area contributed by atoms with Crippen LogP contribution in [0.3, 0.4) is 0 Å². The molecule has 98 valence electrons. The Hall–Kier alpha value is -1.67. The van der Waals surface area contributed by atoms with E-state index < -0.39 is 0 Å². The van der Waals surface area contributed by atoms with Gasteiger partial charge in [0.05, 0.1) is 6.10 Å². The van der Waals surface area contributed by atoms with Gasteiger partial charge in [0.15, 0.2) is 0 Å². The van der Waals surface area contributed by atoms with Crippen LogP contribution in [0.5, 0.6) is 0 Å². The predicted octanol–water partition coefficient (Wildman–Crippen LogP) is 3.31. The zero-order valence-electron chi connectivity index (χ0n) is 11.0. The highest BCUT2D eigenvalue weighted by Crippen LogP contribution is 2.34. The molecule has 0 spiro atoms.